The van der Waals surface area contributed by atoms with Crippen molar-refractivity contribution in [2.75, 3.05) is 0 Å². The summed E-state index contributed by atoms with van der Waals surface area (Å²) in [4.78, 5) is 11.4. The summed E-state index contributed by atoms with van der Waals surface area (Å²) in [6.07, 6.45) is 3.86. The standard InChI is InChI=1S/C14H18BN3O3/c1-14(2,21)8-15(10-6-17-18-7-10)9-3-4-12(19)11(5-9)13(16)20/h3-7,19,21H,8H2,1-2H3,(H2,16,20)(H,17,18). The Morgan fingerprint density at radius 1 is 1.43 bits per heavy atom. The van der Waals surface area contributed by atoms with Gasteiger partial charge in [0.25, 0.3) is 5.91 Å². The summed E-state index contributed by atoms with van der Waals surface area (Å²) in [7, 11) is 0. The average Bonchev–Trinajstić information content (AvgIpc) is 2.89. The predicted molar refractivity (Wildman–Crippen MR) is 81.3 cm³/mol. The molecule has 7 heteroatoms. The van der Waals surface area contributed by atoms with Crippen molar-refractivity contribution in [3.63, 3.8) is 0 Å². The minimum atomic E-state index is -0.896. The molecule has 1 amide bonds. The van der Waals surface area contributed by atoms with E-state index in [1.807, 2.05) is 0 Å². The van der Waals surface area contributed by atoms with Gasteiger partial charge in [-0.15, -0.1) is 0 Å². The van der Waals surface area contributed by atoms with Crippen molar-refractivity contribution in [2.45, 2.75) is 25.8 Å². The molecule has 1 aromatic heterocycles. The van der Waals surface area contributed by atoms with Crippen molar-refractivity contribution < 1.29 is 15.0 Å². The van der Waals surface area contributed by atoms with Crippen LogP contribution in [0.2, 0.25) is 6.32 Å². The largest absolute Gasteiger partial charge is 0.507 e. The van der Waals surface area contributed by atoms with Gasteiger partial charge in [0.2, 0.25) is 6.71 Å². The van der Waals surface area contributed by atoms with Gasteiger partial charge in [0.15, 0.2) is 0 Å². The van der Waals surface area contributed by atoms with E-state index >= 15 is 0 Å². The first-order chi connectivity index (χ1) is 9.78. The Hall–Kier alpha value is -2.28. The van der Waals surface area contributed by atoms with Gasteiger partial charge in [0.05, 0.1) is 11.2 Å². The number of nitrogens with one attached hydrogen (secondary N) is 1. The molecule has 5 N–H and O–H groups in total. The van der Waals surface area contributed by atoms with E-state index in [0.29, 0.717) is 6.32 Å². The predicted octanol–water partition coefficient (Wildman–Crippen LogP) is -0.406. The SMILES string of the molecule is CC(C)(O)CB(c1cn[nH]c1)c1ccc(O)c(C(N)=O)c1. The van der Waals surface area contributed by atoms with E-state index in [-0.39, 0.29) is 18.0 Å². The van der Waals surface area contributed by atoms with Crippen molar-refractivity contribution in [1.82, 2.24) is 10.2 Å². The van der Waals surface area contributed by atoms with Gasteiger partial charge in [0.1, 0.15) is 5.75 Å². The number of nitrogens with two attached hydrogens (primary N) is 1. The first kappa shape index (κ1) is 15.1. The fraction of sp³-hybridized carbons (Fsp3) is 0.286. The second-order valence-electron chi connectivity index (χ2n) is 5.74. The number of nitrogens with zero attached hydrogens (tertiary/aromatic N) is 1. The quantitative estimate of drug-likeness (QED) is 0.560. The van der Waals surface area contributed by atoms with Gasteiger partial charge in [-0.2, -0.15) is 5.10 Å². The molecule has 0 aliphatic heterocycles. The molecule has 1 heterocycles. The molecule has 6 nitrogen and oxygen atoms in total. The number of carbonyl (C=O) groups excluding carboxylic acids is 1. The number of hydrogen-bond donors (Lipinski definition) is 4. The fourth-order valence-electron chi connectivity index (χ4n) is 2.35. The first-order valence-corrected chi connectivity index (χ1v) is 6.62. The molecule has 0 aliphatic carbocycles. The molecular formula is C14H18BN3O3. The highest BCUT2D eigenvalue weighted by Crippen LogP contribution is 2.17. The molecule has 21 heavy (non-hydrogen) atoms. The molecule has 0 bridgehead atoms. The zero-order valence-electron chi connectivity index (χ0n) is 12.0. The second kappa shape index (κ2) is 5.61. The van der Waals surface area contributed by atoms with Crippen LogP contribution in [0.15, 0.2) is 30.6 Å². The maximum atomic E-state index is 11.4. The monoisotopic (exact) mass is 287 g/mol. The molecule has 1 aromatic carbocycles. The van der Waals surface area contributed by atoms with Crippen LogP contribution in [0.3, 0.4) is 0 Å². The van der Waals surface area contributed by atoms with Crippen molar-refractivity contribution >= 4 is 23.5 Å². The summed E-state index contributed by atoms with van der Waals surface area (Å²) in [6.45, 7) is 3.27. The molecule has 2 rings (SSSR count). The van der Waals surface area contributed by atoms with Crippen molar-refractivity contribution in [1.29, 1.82) is 0 Å². The van der Waals surface area contributed by atoms with Gasteiger partial charge in [-0.1, -0.05) is 17.6 Å². The molecule has 110 valence electrons. The molecular weight excluding hydrogens is 269 g/mol. The lowest BCUT2D eigenvalue weighted by atomic mass is 9.37. The van der Waals surface area contributed by atoms with Crippen LogP contribution in [0.4, 0.5) is 0 Å². The molecule has 2 aromatic rings. The maximum Gasteiger partial charge on any atom is 0.252 e. The Morgan fingerprint density at radius 2 is 2.14 bits per heavy atom. The highest BCUT2D eigenvalue weighted by Gasteiger charge is 2.28. The number of benzene rings is 1. The summed E-state index contributed by atoms with van der Waals surface area (Å²) in [5, 5.41) is 26.5. The highest BCUT2D eigenvalue weighted by atomic mass is 16.3. The third kappa shape index (κ3) is 3.63. The van der Waals surface area contributed by atoms with Gasteiger partial charge in [-0.25, -0.2) is 0 Å². The van der Waals surface area contributed by atoms with Crippen LogP contribution in [-0.2, 0) is 0 Å². The normalized spacial score (nSPS) is 11.4. The van der Waals surface area contributed by atoms with Crippen LogP contribution in [-0.4, -0.2) is 38.6 Å². The number of hydrogen-bond acceptors (Lipinski definition) is 4. The maximum absolute atomic E-state index is 11.4. The number of aliphatic hydroxyl groups is 1. The topological polar surface area (TPSA) is 112 Å². The Balaban J connectivity index is 2.46. The fourth-order valence-corrected chi connectivity index (χ4v) is 2.35. The lowest BCUT2D eigenvalue weighted by molar-refractivity contribution is 0.0995. The zero-order valence-corrected chi connectivity index (χ0v) is 12.0. The number of H-pyrrole nitrogens is 1. The molecule has 0 saturated carbocycles. The zero-order chi connectivity index (χ0) is 15.6. The van der Waals surface area contributed by atoms with Crippen molar-refractivity contribution in [2.24, 2.45) is 5.73 Å². The summed E-state index contributed by atoms with van der Waals surface area (Å²) in [5.41, 5.74) is 6.10. The minimum Gasteiger partial charge on any atom is -0.507 e. The van der Waals surface area contributed by atoms with Crippen LogP contribution < -0.4 is 16.7 Å². The van der Waals surface area contributed by atoms with Crippen LogP contribution in [0.1, 0.15) is 24.2 Å². The van der Waals surface area contributed by atoms with E-state index in [1.54, 1.807) is 38.4 Å². The first-order valence-electron chi connectivity index (χ1n) is 6.62. The van der Waals surface area contributed by atoms with Crippen LogP contribution in [0.5, 0.6) is 5.75 Å². The number of primary amides is 1. The van der Waals surface area contributed by atoms with Gasteiger partial charge >= 0.3 is 0 Å². The van der Waals surface area contributed by atoms with Gasteiger partial charge in [-0.05, 0) is 31.7 Å². The van der Waals surface area contributed by atoms with Crippen LogP contribution in [0.25, 0.3) is 0 Å². The van der Waals surface area contributed by atoms with E-state index in [4.69, 9.17) is 5.73 Å². The third-order valence-electron chi connectivity index (χ3n) is 3.31. The molecule has 0 radical (unpaired) electrons. The van der Waals surface area contributed by atoms with E-state index < -0.39 is 11.5 Å². The van der Waals surface area contributed by atoms with Crippen molar-refractivity contribution in [3.8, 4) is 5.75 Å². The lowest BCUT2D eigenvalue weighted by Crippen LogP contribution is -2.46. The smallest absolute Gasteiger partial charge is 0.252 e. The molecule has 0 aliphatic rings. The molecule has 0 fully saturated rings. The van der Waals surface area contributed by atoms with Gasteiger partial charge in [0, 0.05) is 12.4 Å². The Kier molecular flexibility index (Phi) is 4.04. The van der Waals surface area contributed by atoms with E-state index in [0.717, 1.165) is 10.9 Å². The Bertz CT molecular complexity index is 635. The molecule has 0 unspecified atom stereocenters. The number of aromatic hydroxyl groups is 1. The number of aromatic nitrogens is 2. The minimum absolute atomic E-state index is 0.0664. The van der Waals surface area contributed by atoms with Crippen molar-refractivity contribution in [3.05, 3.63) is 36.2 Å². The van der Waals surface area contributed by atoms with Gasteiger partial charge < -0.3 is 15.9 Å². The third-order valence-corrected chi connectivity index (χ3v) is 3.31. The summed E-state index contributed by atoms with van der Waals surface area (Å²) >= 11 is 0. The van der Waals surface area contributed by atoms with Crippen LogP contribution in [0, 0.1) is 0 Å². The van der Waals surface area contributed by atoms with E-state index in [9.17, 15) is 15.0 Å². The number of aromatic amines is 1. The van der Waals surface area contributed by atoms with E-state index in [1.165, 1.54) is 6.07 Å². The molecule has 0 atom stereocenters. The summed E-state index contributed by atoms with van der Waals surface area (Å²) in [5.74, 6) is -0.844. The highest BCUT2D eigenvalue weighted by molar-refractivity contribution is 6.85. The average molecular weight is 287 g/mol. The Morgan fingerprint density at radius 3 is 2.67 bits per heavy atom. The second-order valence-corrected chi connectivity index (χ2v) is 5.74. The number of rotatable bonds is 5. The summed E-state index contributed by atoms with van der Waals surface area (Å²) in [6, 6.07) is 4.71. The Labute approximate surface area is 123 Å². The summed E-state index contributed by atoms with van der Waals surface area (Å²) < 4.78 is 0. The number of phenols is 1. The lowest BCUT2D eigenvalue weighted by Gasteiger charge is -2.22. The van der Waals surface area contributed by atoms with Gasteiger partial charge in [-0.3, -0.25) is 9.89 Å². The molecule has 0 spiro atoms. The van der Waals surface area contributed by atoms with E-state index in [2.05, 4.69) is 10.2 Å². The number of amides is 1. The number of carbonyl (C=O) groups is 1. The molecule has 0 saturated heterocycles. The van der Waals surface area contributed by atoms with Crippen LogP contribution >= 0.6 is 0 Å².